The molecule has 3 N–H and O–H groups in total. The van der Waals surface area contributed by atoms with Gasteiger partial charge in [-0.05, 0) is 18.3 Å². The molecule has 0 spiro atoms. The Bertz CT molecular complexity index is 87.6. The molecule has 1 aliphatic heterocycles. The minimum atomic E-state index is 0.240. The summed E-state index contributed by atoms with van der Waals surface area (Å²) in [7, 11) is 0. The third kappa shape index (κ3) is 1.94. The topological polar surface area (TPSA) is 52.5 Å². The highest BCUT2D eigenvalue weighted by Crippen LogP contribution is 2.14. The zero-order chi connectivity index (χ0) is 7.40. The van der Waals surface area contributed by atoms with E-state index in [1.54, 1.807) is 0 Å². The molecule has 0 aromatic rings. The summed E-state index contributed by atoms with van der Waals surface area (Å²) in [5.74, 6) is 0.705. The van der Waals surface area contributed by atoms with Gasteiger partial charge in [-0.3, -0.25) is 0 Å². The fraction of sp³-hybridized carbons (Fsp3) is 1.00. The second-order valence-corrected chi connectivity index (χ2v) is 2.99. The van der Waals surface area contributed by atoms with Gasteiger partial charge in [-0.2, -0.15) is 0 Å². The standard InChI is InChI=1S/C7H15NO2/c9-4-6-1-7(5-10)3-8-2-6/h6-10H,1-5H2/t6-,7-/m1/s1. The van der Waals surface area contributed by atoms with Crippen molar-refractivity contribution in [2.75, 3.05) is 26.3 Å². The second kappa shape index (κ2) is 3.91. The molecule has 60 valence electrons. The fourth-order valence-electron chi connectivity index (χ4n) is 1.41. The first-order valence-electron chi connectivity index (χ1n) is 3.79. The van der Waals surface area contributed by atoms with Crippen LogP contribution < -0.4 is 5.32 Å². The van der Waals surface area contributed by atoms with E-state index in [2.05, 4.69) is 5.32 Å². The molecule has 0 aromatic carbocycles. The molecule has 0 unspecified atom stereocenters. The molecular weight excluding hydrogens is 130 g/mol. The molecule has 0 aliphatic carbocycles. The highest BCUT2D eigenvalue weighted by Gasteiger charge is 2.19. The van der Waals surface area contributed by atoms with Gasteiger partial charge in [0.15, 0.2) is 0 Å². The number of rotatable bonds is 2. The van der Waals surface area contributed by atoms with Crippen molar-refractivity contribution in [2.24, 2.45) is 11.8 Å². The Balaban J connectivity index is 2.25. The van der Waals surface area contributed by atoms with Crippen molar-refractivity contribution in [3.8, 4) is 0 Å². The Kier molecular flexibility index (Phi) is 3.12. The molecule has 3 heteroatoms. The maximum atomic E-state index is 8.78. The predicted octanol–water partition coefficient (Wildman–Crippen LogP) is -0.803. The van der Waals surface area contributed by atoms with Gasteiger partial charge in [0.1, 0.15) is 0 Å². The molecule has 1 aliphatic rings. The molecular formula is C7H15NO2. The molecule has 1 saturated heterocycles. The van der Waals surface area contributed by atoms with Crippen molar-refractivity contribution in [3.63, 3.8) is 0 Å². The summed E-state index contributed by atoms with van der Waals surface area (Å²) < 4.78 is 0. The highest BCUT2D eigenvalue weighted by molar-refractivity contribution is 4.74. The Labute approximate surface area is 61.1 Å². The number of piperidine rings is 1. The van der Waals surface area contributed by atoms with E-state index >= 15 is 0 Å². The summed E-state index contributed by atoms with van der Waals surface area (Å²) in [6.07, 6.45) is 0.958. The van der Waals surface area contributed by atoms with E-state index in [1.165, 1.54) is 0 Å². The quantitative estimate of drug-likeness (QED) is 0.476. The van der Waals surface area contributed by atoms with E-state index in [0.29, 0.717) is 11.8 Å². The molecule has 0 bridgehead atoms. The fourth-order valence-corrected chi connectivity index (χ4v) is 1.41. The first-order chi connectivity index (χ1) is 4.86. The lowest BCUT2D eigenvalue weighted by atomic mass is 9.92. The molecule has 0 saturated carbocycles. The van der Waals surface area contributed by atoms with Crippen LogP contribution in [-0.4, -0.2) is 36.5 Å². The van der Waals surface area contributed by atoms with Crippen molar-refractivity contribution in [2.45, 2.75) is 6.42 Å². The van der Waals surface area contributed by atoms with Crippen LogP contribution >= 0.6 is 0 Å². The normalized spacial score (nSPS) is 34.2. The lowest BCUT2D eigenvalue weighted by Crippen LogP contribution is -2.39. The van der Waals surface area contributed by atoms with Gasteiger partial charge >= 0.3 is 0 Å². The van der Waals surface area contributed by atoms with E-state index in [1.807, 2.05) is 0 Å². The van der Waals surface area contributed by atoms with Gasteiger partial charge in [0.05, 0.1) is 0 Å². The van der Waals surface area contributed by atoms with Gasteiger partial charge in [0, 0.05) is 26.3 Å². The molecule has 0 aromatic heterocycles. The molecule has 1 rings (SSSR count). The van der Waals surface area contributed by atoms with Crippen LogP contribution in [0.3, 0.4) is 0 Å². The molecule has 1 heterocycles. The van der Waals surface area contributed by atoms with E-state index in [-0.39, 0.29) is 13.2 Å². The molecule has 1 fully saturated rings. The Morgan fingerprint density at radius 2 is 1.60 bits per heavy atom. The zero-order valence-corrected chi connectivity index (χ0v) is 6.08. The van der Waals surface area contributed by atoms with E-state index in [9.17, 15) is 0 Å². The maximum Gasteiger partial charge on any atom is 0.0471 e. The zero-order valence-electron chi connectivity index (χ0n) is 6.08. The van der Waals surface area contributed by atoms with Crippen LogP contribution in [0.1, 0.15) is 6.42 Å². The molecule has 2 atom stereocenters. The Morgan fingerprint density at radius 3 is 2.00 bits per heavy atom. The monoisotopic (exact) mass is 145 g/mol. The minimum absolute atomic E-state index is 0.240. The first-order valence-corrected chi connectivity index (χ1v) is 3.79. The average Bonchev–Trinajstić information content (AvgIpc) is 2.05. The number of aliphatic hydroxyl groups is 2. The third-order valence-corrected chi connectivity index (χ3v) is 2.05. The maximum absolute atomic E-state index is 8.78. The van der Waals surface area contributed by atoms with Gasteiger partial charge in [0.25, 0.3) is 0 Å². The van der Waals surface area contributed by atoms with Gasteiger partial charge < -0.3 is 15.5 Å². The van der Waals surface area contributed by atoms with Gasteiger partial charge in [-0.15, -0.1) is 0 Å². The SMILES string of the molecule is OC[C@H]1CNC[C@H](CO)C1. The van der Waals surface area contributed by atoms with Gasteiger partial charge in [-0.1, -0.05) is 0 Å². The van der Waals surface area contributed by atoms with E-state index in [4.69, 9.17) is 10.2 Å². The summed E-state index contributed by atoms with van der Waals surface area (Å²) >= 11 is 0. The van der Waals surface area contributed by atoms with E-state index < -0.39 is 0 Å². The largest absolute Gasteiger partial charge is 0.396 e. The van der Waals surface area contributed by atoms with Gasteiger partial charge in [0.2, 0.25) is 0 Å². The van der Waals surface area contributed by atoms with Crippen molar-refractivity contribution in [1.29, 1.82) is 0 Å². The summed E-state index contributed by atoms with van der Waals surface area (Å²) in [5, 5.41) is 20.7. The summed E-state index contributed by atoms with van der Waals surface area (Å²) in [4.78, 5) is 0. The summed E-state index contributed by atoms with van der Waals surface area (Å²) in [6.45, 7) is 2.27. The van der Waals surface area contributed by atoms with Crippen molar-refractivity contribution < 1.29 is 10.2 Å². The van der Waals surface area contributed by atoms with Crippen LogP contribution in [0.2, 0.25) is 0 Å². The summed E-state index contributed by atoms with van der Waals surface area (Å²) in [5.41, 5.74) is 0. The lowest BCUT2D eigenvalue weighted by Gasteiger charge is -2.27. The smallest absolute Gasteiger partial charge is 0.0471 e. The van der Waals surface area contributed by atoms with Crippen molar-refractivity contribution >= 4 is 0 Å². The second-order valence-electron chi connectivity index (χ2n) is 2.99. The van der Waals surface area contributed by atoms with Gasteiger partial charge in [-0.25, -0.2) is 0 Å². The van der Waals surface area contributed by atoms with E-state index in [0.717, 1.165) is 19.5 Å². The predicted molar refractivity (Wildman–Crippen MR) is 38.6 cm³/mol. The average molecular weight is 145 g/mol. The van der Waals surface area contributed by atoms with Crippen LogP contribution in [0.4, 0.5) is 0 Å². The molecule has 10 heavy (non-hydrogen) atoms. The molecule has 0 amide bonds. The lowest BCUT2D eigenvalue weighted by molar-refractivity contribution is 0.132. The van der Waals surface area contributed by atoms with Crippen LogP contribution in [0, 0.1) is 11.8 Å². The summed E-state index contributed by atoms with van der Waals surface area (Å²) in [6, 6.07) is 0. The Hall–Kier alpha value is -0.120. The minimum Gasteiger partial charge on any atom is -0.396 e. The third-order valence-electron chi connectivity index (χ3n) is 2.05. The number of hydrogen-bond acceptors (Lipinski definition) is 3. The number of hydrogen-bond donors (Lipinski definition) is 3. The number of aliphatic hydroxyl groups excluding tert-OH is 2. The van der Waals surface area contributed by atoms with Crippen LogP contribution in [0.25, 0.3) is 0 Å². The number of nitrogens with one attached hydrogen (secondary N) is 1. The molecule has 0 radical (unpaired) electrons. The van der Waals surface area contributed by atoms with Crippen molar-refractivity contribution in [1.82, 2.24) is 5.32 Å². The van der Waals surface area contributed by atoms with Crippen LogP contribution in [0.15, 0.2) is 0 Å². The highest BCUT2D eigenvalue weighted by atomic mass is 16.3. The molecule has 3 nitrogen and oxygen atoms in total. The first kappa shape index (κ1) is 7.98. The van der Waals surface area contributed by atoms with Crippen LogP contribution in [0.5, 0.6) is 0 Å². The van der Waals surface area contributed by atoms with Crippen molar-refractivity contribution in [3.05, 3.63) is 0 Å². The van der Waals surface area contributed by atoms with Crippen LogP contribution in [-0.2, 0) is 0 Å². The Morgan fingerprint density at radius 1 is 1.10 bits per heavy atom.